The highest BCUT2D eigenvalue weighted by molar-refractivity contribution is 6.30. The molecule has 0 unspecified atom stereocenters. The summed E-state index contributed by atoms with van der Waals surface area (Å²) < 4.78 is 0. The maximum absolute atomic E-state index is 6.05. The van der Waals surface area contributed by atoms with E-state index < -0.39 is 5.41 Å². The molecule has 0 bridgehead atoms. The lowest BCUT2D eigenvalue weighted by Gasteiger charge is -2.35. The fourth-order valence-corrected chi connectivity index (χ4v) is 18.5. The molecule has 0 aliphatic heterocycles. The van der Waals surface area contributed by atoms with E-state index >= 15 is 0 Å². The van der Waals surface area contributed by atoms with Gasteiger partial charge in [0.15, 0.2) is 0 Å². The second-order valence-corrected chi connectivity index (χ2v) is 30.0. The lowest BCUT2D eigenvalue weighted by atomic mass is 9.67. The van der Waals surface area contributed by atoms with Crippen molar-refractivity contribution < 1.29 is 0 Å². The van der Waals surface area contributed by atoms with Gasteiger partial charge in [0.05, 0.1) is 10.8 Å². The highest BCUT2D eigenvalue weighted by Gasteiger charge is 2.48. The normalized spacial score (nSPS) is 14.0. The zero-order chi connectivity index (χ0) is 72.3. The van der Waals surface area contributed by atoms with Crippen molar-refractivity contribution in [2.75, 3.05) is 10.2 Å². The summed E-state index contributed by atoms with van der Waals surface area (Å²) in [7, 11) is 0. The molecule has 20 rings (SSSR count). The summed E-state index contributed by atoms with van der Waals surface area (Å²) in [6.07, 6.45) is 0. The van der Waals surface area contributed by atoms with E-state index in [2.05, 4.69) is 420 Å². The summed E-state index contributed by atoms with van der Waals surface area (Å²) in [5, 5.41) is 4.38. The lowest BCUT2D eigenvalue weighted by molar-refractivity contribution is 0.662. The van der Waals surface area contributed by atoms with Gasteiger partial charge < -0.3 is 10.2 Å². The zero-order valence-electron chi connectivity index (χ0n) is 60.4. The van der Waals surface area contributed by atoms with Crippen LogP contribution in [-0.4, -0.2) is 0 Å². The first-order valence-electron chi connectivity index (χ1n) is 37.2. The van der Waals surface area contributed by atoms with Gasteiger partial charge >= 0.3 is 0 Å². The molecule has 0 saturated carbocycles. The van der Waals surface area contributed by atoms with Gasteiger partial charge in [-0.05, 0) is 206 Å². The van der Waals surface area contributed by atoms with Gasteiger partial charge in [-0.3, -0.25) is 0 Å². The Bertz CT molecular complexity index is 5870. The molecule has 107 heavy (non-hydrogen) atoms. The number of nitrogens with one attached hydrogen (secondary N) is 1. The number of para-hydroxylation sites is 2. The molecule has 4 aliphatic carbocycles. The molecule has 0 saturated heterocycles. The maximum atomic E-state index is 6.05. The molecule has 3 heteroatoms. The fraction of sp³-hybridized carbons (Fsp3) is 0.0769. The van der Waals surface area contributed by atoms with Crippen LogP contribution < -0.4 is 10.2 Å². The number of fused-ring (bicyclic) bond motifs is 12. The maximum Gasteiger partial charge on any atom is 0.0714 e. The van der Waals surface area contributed by atoms with Crippen LogP contribution in [0.25, 0.3) is 66.8 Å². The van der Waals surface area contributed by atoms with E-state index in [4.69, 9.17) is 11.6 Å². The van der Waals surface area contributed by atoms with Gasteiger partial charge in [-0.25, -0.2) is 0 Å². The van der Waals surface area contributed by atoms with Crippen molar-refractivity contribution in [1.29, 1.82) is 0 Å². The van der Waals surface area contributed by atoms with Gasteiger partial charge in [0.2, 0.25) is 0 Å². The summed E-state index contributed by atoms with van der Waals surface area (Å²) in [5.74, 6) is 0. The molecule has 0 fully saturated rings. The largest absolute Gasteiger partial charge is 0.356 e. The Morgan fingerprint density at radius 3 is 0.972 bits per heavy atom. The third kappa shape index (κ3) is 11.1. The van der Waals surface area contributed by atoms with E-state index in [9.17, 15) is 0 Å². The molecule has 0 radical (unpaired) electrons. The SMILES string of the molecule is CC1(C)c2ccccc2-c2cccc(-c3ccc(Cl)cc3)c21.CC1(C)c2ccccc2-c2cccc(-c3ccc(N(c4ccccc4)c4ccc5c(c4)C(c4ccccc4)(c4ccccc4)c4ccccc4-5)cc3)c21.c1ccc(Nc2ccc3c(c2)C(c2ccccc2)(c2ccccc2)c2ccccc2-3)cc1. The highest BCUT2D eigenvalue weighted by Crippen LogP contribution is 2.60. The van der Waals surface area contributed by atoms with Crippen LogP contribution in [0.15, 0.2) is 400 Å². The molecule has 0 aromatic heterocycles. The van der Waals surface area contributed by atoms with Gasteiger partial charge in [0.1, 0.15) is 0 Å². The molecule has 1 N–H and O–H groups in total. The van der Waals surface area contributed by atoms with E-state index in [1.807, 2.05) is 18.2 Å². The van der Waals surface area contributed by atoms with Crippen molar-refractivity contribution in [3.63, 3.8) is 0 Å². The van der Waals surface area contributed by atoms with Gasteiger partial charge in [0, 0.05) is 44.3 Å². The number of hydrogen-bond acceptors (Lipinski definition) is 2. The van der Waals surface area contributed by atoms with E-state index in [0.29, 0.717) is 0 Å². The number of benzene rings is 16. The summed E-state index contributed by atoms with van der Waals surface area (Å²) in [6, 6.07) is 145. The minimum atomic E-state index is -0.464. The van der Waals surface area contributed by atoms with Gasteiger partial charge in [-0.2, -0.15) is 0 Å². The van der Waals surface area contributed by atoms with E-state index in [-0.39, 0.29) is 16.2 Å². The van der Waals surface area contributed by atoms with E-state index in [0.717, 1.165) is 33.5 Å². The molecule has 0 heterocycles. The summed E-state index contributed by atoms with van der Waals surface area (Å²) in [5.41, 5.74) is 36.3. The fourth-order valence-electron chi connectivity index (χ4n) is 18.4. The molecular weight excluding hydrogens is 1310 g/mol. The van der Waals surface area contributed by atoms with Crippen LogP contribution in [0, 0.1) is 0 Å². The van der Waals surface area contributed by atoms with Gasteiger partial charge in [-0.15, -0.1) is 0 Å². The van der Waals surface area contributed by atoms with E-state index in [1.165, 1.54) is 134 Å². The predicted molar refractivity (Wildman–Crippen MR) is 449 cm³/mol. The number of halogens is 1. The molecule has 16 aromatic carbocycles. The van der Waals surface area contributed by atoms with Crippen LogP contribution in [0.3, 0.4) is 0 Å². The van der Waals surface area contributed by atoms with Crippen LogP contribution >= 0.6 is 11.6 Å². The van der Waals surface area contributed by atoms with Crippen LogP contribution in [0.2, 0.25) is 5.02 Å². The monoisotopic (exact) mass is 1390 g/mol. The zero-order valence-corrected chi connectivity index (χ0v) is 61.2. The van der Waals surface area contributed by atoms with Crippen molar-refractivity contribution >= 4 is 40.0 Å². The third-order valence-corrected chi connectivity index (χ3v) is 23.2. The van der Waals surface area contributed by atoms with Crippen molar-refractivity contribution in [3.05, 3.63) is 472 Å². The number of nitrogens with zero attached hydrogens (tertiary/aromatic N) is 1. The summed E-state index contributed by atoms with van der Waals surface area (Å²) in [6.45, 7) is 9.36. The molecule has 0 spiro atoms. The Hall–Kier alpha value is -12.6. The van der Waals surface area contributed by atoms with Gasteiger partial charge in [0.25, 0.3) is 0 Å². The summed E-state index contributed by atoms with van der Waals surface area (Å²) >= 11 is 6.05. The number of rotatable bonds is 11. The Morgan fingerprint density at radius 1 is 0.224 bits per heavy atom. The lowest BCUT2D eigenvalue weighted by Crippen LogP contribution is -2.28. The van der Waals surface area contributed by atoms with Crippen molar-refractivity contribution in [1.82, 2.24) is 0 Å². The standard InChI is InChI=1S/C52H39N.C31H23N.C21H17Cl/c1-51(2)47-27-14-12-24-44(47)46-26-16-25-42(50(46)51)36-29-31-40(32-30-36)53(39-21-10-5-11-22-39)41-33-34-45-43-23-13-15-28-48(43)52(49(45)35-41,37-17-6-3-7-18-37)38-19-8-4-9-20-38;1-4-12-23(13-5-1)31(24-14-6-2-7-15-24)29-19-11-10-18-27(29)28-21-20-26(22-30(28)31)32-25-16-8-3-9-17-25;1-21(2)19-9-4-3-6-17(19)18-8-5-7-16(20(18)21)14-10-12-15(22)13-11-14/h3-35H,1-2H3;1-22,32H;3-13H,1-2H3. The minimum absolute atomic E-state index is 0.0160. The Balaban J connectivity index is 0.000000126. The van der Waals surface area contributed by atoms with Crippen molar-refractivity contribution in [3.8, 4) is 66.8 Å². The van der Waals surface area contributed by atoms with Crippen LogP contribution in [0.5, 0.6) is 0 Å². The minimum Gasteiger partial charge on any atom is -0.356 e. The predicted octanol–water partition coefficient (Wildman–Crippen LogP) is 27.6. The Morgan fingerprint density at radius 2 is 0.533 bits per heavy atom. The first-order valence-corrected chi connectivity index (χ1v) is 37.6. The molecule has 4 aliphatic rings. The molecular formula is C104H79ClN2. The topological polar surface area (TPSA) is 15.3 Å². The first-order chi connectivity index (χ1) is 52.5. The average Bonchev–Trinajstić information content (AvgIpc) is 1.57. The van der Waals surface area contributed by atoms with Crippen molar-refractivity contribution in [2.45, 2.75) is 49.4 Å². The molecule has 0 amide bonds. The summed E-state index contributed by atoms with van der Waals surface area (Å²) in [4.78, 5) is 2.41. The van der Waals surface area contributed by atoms with Crippen molar-refractivity contribution in [2.24, 2.45) is 0 Å². The first kappa shape index (κ1) is 66.4. The van der Waals surface area contributed by atoms with Crippen LogP contribution in [0.4, 0.5) is 28.4 Å². The Labute approximate surface area is 634 Å². The second-order valence-electron chi connectivity index (χ2n) is 29.6. The highest BCUT2D eigenvalue weighted by atomic mass is 35.5. The molecule has 2 nitrogen and oxygen atoms in total. The van der Waals surface area contributed by atoms with Crippen LogP contribution in [-0.2, 0) is 21.7 Å². The number of hydrogen-bond donors (Lipinski definition) is 1. The molecule has 16 aromatic rings. The quantitative estimate of drug-likeness (QED) is 0.139. The van der Waals surface area contributed by atoms with Crippen LogP contribution in [0.1, 0.15) is 94.5 Å². The smallest absolute Gasteiger partial charge is 0.0714 e. The van der Waals surface area contributed by atoms with E-state index in [1.54, 1.807) is 0 Å². The number of anilines is 5. The molecule has 0 atom stereocenters. The Kier molecular flexibility index (Phi) is 16.8. The molecule has 512 valence electrons. The average molecular weight is 1390 g/mol. The van der Waals surface area contributed by atoms with Gasteiger partial charge in [-0.1, -0.05) is 367 Å². The third-order valence-electron chi connectivity index (χ3n) is 23.0. The second kappa shape index (κ2) is 27.1.